The number of hydrogen-bond donors (Lipinski definition) is 0. The standard InChI is InChI=1S/C12H21NO2/c1-4-7-8-9-10-13-12(5-2,6-3)11(14)15-10/h4-9H2,1-3H3. The Bertz CT molecular complexity index is 254. The molecule has 86 valence electrons. The van der Waals surface area contributed by atoms with Crippen LogP contribution in [0.15, 0.2) is 4.99 Å². The molecule has 1 aliphatic rings. The van der Waals surface area contributed by atoms with Crippen LogP contribution in [0.1, 0.15) is 59.3 Å². The maximum atomic E-state index is 11.7. The molecule has 3 heteroatoms. The number of carbonyl (C=O) groups is 1. The van der Waals surface area contributed by atoms with Crippen LogP contribution >= 0.6 is 0 Å². The van der Waals surface area contributed by atoms with Crippen LogP contribution in [0.3, 0.4) is 0 Å². The summed E-state index contributed by atoms with van der Waals surface area (Å²) in [6.07, 6.45) is 5.68. The zero-order chi connectivity index (χ0) is 11.3. The molecule has 0 aromatic rings. The van der Waals surface area contributed by atoms with E-state index < -0.39 is 5.54 Å². The van der Waals surface area contributed by atoms with Crippen LogP contribution in [-0.4, -0.2) is 17.4 Å². The first-order chi connectivity index (χ1) is 7.18. The predicted octanol–water partition coefficient (Wildman–Crippen LogP) is 3.08. The molecule has 15 heavy (non-hydrogen) atoms. The van der Waals surface area contributed by atoms with Gasteiger partial charge in [-0.2, -0.15) is 0 Å². The van der Waals surface area contributed by atoms with Crippen molar-refractivity contribution in [1.29, 1.82) is 0 Å². The van der Waals surface area contributed by atoms with Gasteiger partial charge in [0.25, 0.3) is 0 Å². The topological polar surface area (TPSA) is 38.7 Å². The summed E-state index contributed by atoms with van der Waals surface area (Å²) in [6, 6.07) is 0. The third-order valence-electron chi connectivity index (χ3n) is 3.09. The third kappa shape index (κ3) is 2.58. The molecule has 0 aromatic carbocycles. The van der Waals surface area contributed by atoms with E-state index in [1.54, 1.807) is 0 Å². The fourth-order valence-electron chi connectivity index (χ4n) is 1.84. The number of rotatable bonds is 6. The van der Waals surface area contributed by atoms with E-state index in [2.05, 4.69) is 11.9 Å². The average Bonchev–Trinajstić information content (AvgIpc) is 2.56. The Labute approximate surface area is 91.9 Å². The van der Waals surface area contributed by atoms with Crippen molar-refractivity contribution in [3.05, 3.63) is 0 Å². The molecule has 1 rings (SSSR count). The Hall–Kier alpha value is -0.860. The van der Waals surface area contributed by atoms with Crippen molar-refractivity contribution in [2.75, 3.05) is 0 Å². The van der Waals surface area contributed by atoms with E-state index in [1.807, 2.05) is 13.8 Å². The van der Waals surface area contributed by atoms with Crippen LogP contribution in [-0.2, 0) is 9.53 Å². The second-order valence-corrected chi connectivity index (χ2v) is 4.09. The highest BCUT2D eigenvalue weighted by Gasteiger charge is 2.42. The molecule has 1 heterocycles. The lowest BCUT2D eigenvalue weighted by Crippen LogP contribution is -2.31. The van der Waals surface area contributed by atoms with Gasteiger partial charge in [-0.25, -0.2) is 9.79 Å². The summed E-state index contributed by atoms with van der Waals surface area (Å²) in [5, 5.41) is 0. The summed E-state index contributed by atoms with van der Waals surface area (Å²) in [4.78, 5) is 16.1. The molecule has 0 unspecified atom stereocenters. The molecule has 0 saturated heterocycles. The quantitative estimate of drug-likeness (QED) is 0.500. The van der Waals surface area contributed by atoms with Crippen LogP contribution in [0.4, 0.5) is 0 Å². The third-order valence-corrected chi connectivity index (χ3v) is 3.09. The normalized spacial score (nSPS) is 18.9. The molecule has 0 aromatic heterocycles. The molecule has 0 aliphatic carbocycles. The lowest BCUT2D eigenvalue weighted by molar-refractivity contribution is -0.139. The second-order valence-electron chi connectivity index (χ2n) is 4.09. The van der Waals surface area contributed by atoms with Gasteiger partial charge < -0.3 is 4.74 Å². The molecule has 0 N–H and O–H groups in total. The molecule has 1 aliphatic heterocycles. The van der Waals surface area contributed by atoms with Crippen LogP contribution < -0.4 is 0 Å². The Kier molecular flexibility index (Phi) is 4.30. The summed E-state index contributed by atoms with van der Waals surface area (Å²) < 4.78 is 5.22. The molecule has 0 radical (unpaired) electrons. The number of nitrogens with zero attached hydrogens (tertiary/aromatic N) is 1. The molecule has 0 saturated carbocycles. The fourth-order valence-corrected chi connectivity index (χ4v) is 1.84. The van der Waals surface area contributed by atoms with E-state index in [1.165, 1.54) is 12.8 Å². The van der Waals surface area contributed by atoms with Gasteiger partial charge in [0.15, 0.2) is 11.4 Å². The number of unbranched alkanes of at least 4 members (excludes halogenated alkanes) is 2. The number of hydrogen-bond acceptors (Lipinski definition) is 3. The highest BCUT2D eigenvalue weighted by atomic mass is 16.6. The van der Waals surface area contributed by atoms with Gasteiger partial charge in [-0.05, 0) is 19.3 Å². The maximum absolute atomic E-state index is 11.7. The van der Waals surface area contributed by atoms with E-state index in [9.17, 15) is 4.79 Å². The average molecular weight is 211 g/mol. The van der Waals surface area contributed by atoms with Crippen molar-refractivity contribution in [1.82, 2.24) is 0 Å². The Balaban J connectivity index is 2.58. The molecule has 0 spiro atoms. The van der Waals surface area contributed by atoms with Crippen molar-refractivity contribution < 1.29 is 9.53 Å². The number of carbonyl (C=O) groups excluding carboxylic acids is 1. The van der Waals surface area contributed by atoms with Gasteiger partial charge in [-0.3, -0.25) is 0 Å². The van der Waals surface area contributed by atoms with E-state index in [0.29, 0.717) is 5.90 Å². The van der Waals surface area contributed by atoms with E-state index in [0.717, 1.165) is 25.7 Å². The van der Waals surface area contributed by atoms with Crippen LogP contribution in [0, 0.1) is 0 Å². The van der Waals surface area contributed by atoms with Gasteiger partial charge in [-0.1, -0.05) is 33.6 Å². The lowest BCUT2D eigenvalue weighted by atomic mass is 9.95. The van der Waals surface area contributed by atoms with Crippen molar-refractivity contribution in [2.24, 2.45) is 4.99 Å². The second kappa shape index (κ2) is 5.29. The SMILES string of the molecule is CCCCCC1=NC(CC)(CC)C(=O)O1. The van der Waals surface area contributed by atoms with Crippen molar-refractivity contribution in [3.8, 4) is 0 Å². The fraction of sp³-hybridized carbons (Fsp3) is 0.833. The van der Waals surface area contributed by atoms with E-state index in [-0.39, 0.29) is 5.97 Å². The first-order valence-corrected chi connectivity index (χ1v) is 5.99. The van der Waals surface area contributed by atoms with E-state index in [4.69, 9.17) is 4.74 Å². The minimum Gasteiger partial charge on any atom is -0.410 e. The molecular weight excluding hydrogens is 190 g/mol. The number of esters is 1. The monoisotopic (exact) mass is 211 g/mol. The molecule has 0 atom stereocenters. The maximum Gasteiger partial charge on any atom is 0.340 e. The summed E-state index contributed by atoms with van der Waals surface area (Å²) in [6.45, 7) is 6.14. The zero-order valence-corrected chi connectivity index (χ0v) is 10.0. The van der Waals surface area contributed by atoms with Crippen LogP contribution in [0.5, 0.6) is 0 Å². The van der Waals surface area contributed by atoms with Gasteiger partial charge in [0.2, 0.25) is 0 Å². The summed E-state index contributed by atoms with van der Waals surface area (Å²) in [5.74, 6) is 0.496. The van der Waals surface area contributed by atoms with Crippen LogP contribution in [0.25, 0.3) is 0 Å². The Morgan fingerprint density at radius 1 is 1.20 bits per heavy atom. The molecule has 3 nitrogen and oxygen atoms in total. The largest absolute Gasteiger partial charge is 0.410 e. The summed E-state index contributed by atoms with van der Waals surface area (Å²) in [5.41, 5.74) is -0.568. The molecule has 0 amide bonds. The Morgan fingerprint density at radius 2 is 1.87 bits per heavy atom. The minimum atomic E-state index is -0.568. The predicted molar refractivity (Wildman–Crippen MR) is 61.0 cm³/mol. The molecular formula is C12H21NO2. The molecule has 0 fully saturated rings. The van der Waals surface area contributed by atoms with Gasteiger partial charge in [0, 0.05) is 6.42 Å². The summed E-state index contributed by atoms with van der Waals surface area (Å²) in [7, 11) is 0. The van der Waals surface area contributed by atoms with Crippen molar-refractivity contribution in [3.63, 3.8) is 0 Å². The van der Waals surface area contributed by atoms with Crippen molar-refractivity contribution >= 4 is 11.9 Å². The van der Waals surface area contributed by atoms with Gasteiger partial charge >= 0.3 is 5.97 Å². The Morgan fingerprint density at radius 3 is 2.33 bits per heavy atom. The highest BCUT2D eigenvalue weighted by molar-refractivity contribution is 5.99. The highest BCUT2D eigenvalue weighted by Crippen LogP contribution is 2.28. The summed E-state index contributed by atoms with van der Waals surface area (Å²) >= 11 is 0. The molecule has 0 bridgehead atoms. The van der Waals surface area contributed by atoms with E-state index >= 15 is 0 Å². The number of cyclic esters (lactones) is 1. The van der Waals surface area contributed by atoms with Crippen LogP contribution in [0.2, 0.25) is 0 Å². The zero-order valence-electron chi connectivity index (χ0n) is 10.0. The first kappa shape index (κ1) is 12.2. The van der Waals surface area contributed by atoms with Crippen molar-refractivity contribution in [2.45, 2.75) is 64.8 Å². The van der Waals surface area contributed by atoms with Gasteiger partial charge in [0.1, 0.15) is 0 Å². The van der Waals surface area contributed by atoms with Gasteiger partial charge in [-0.15, -0.1) is 0 Å². The first-order valence-electron chi connectivity index (χ1n) is 5.99. The minimum absolute atomic E-state index is 0.154. The number of aliphatic imine (C=N–C) groups is 1. The smallest absolute Gasteiger partial charge is 0.340 e. The lowest BCUT2D eigenvalue weighted by Gasteiger charge is -2.16. The number of ether oxygens (including phenoxy) is 1. The van der Waals surface area contributed by atoms with Gasteiger partial charge in [0.05, 0.1) is 0 Å².